The van der Waals surface area contributed by atoms with Crippen LogP contribution in [0.15, 0.2) is 29.2 Å². The number of benzene rings is 1. The van der Waals surface area contributed by atoms with E-state index < -0.39 is 10.0 Å². The highest BCUT2D eigenvalue weighted by molar-refractivity contribution is 7.89. The molecule has 4 heteroatoms. The molecule has 0 aromatic heterocycles. The monoisotopic (exact) mass is 212 g/mol. The molecule has 77 valence electrons. The van der Waals surface area contributed by atoms with Gasteiger partial charge >= 0.3 is 0 Å². The van der Waals surface area contributed by atoms with Crippen LogP contribution in [0.2, 0.25) is 0 Å². The molecule has 0 bridgehead atoms. The molecule has 3 nitrogen and oxygen atoms in total. The summed E-state index contributed by atoms with van der Waals surface area (Å²) in [4.78, 5) is 0.309. The quantitative estimate of drug-likeness (QED) is 0.758. The highest BCUT2D eigenvalue weighted by Crippen LogP contribution is 2.13. The molecule has 0 N–H and O–H groups in total. The van der Waals surface area contributed by atoms with Gasteiger partial charge in [0.05, 0.1) is 4.90 Å². The second kappa shape index (κ2) is 4.57. The zero-order chi connectivity index (χ0) is 10.6. The maximum atomic E-state index is 11.9. The summed E-state index contributed by atoms with van der Waals surface area (Å²) in [6, 6.07) is 9.20. The molecule has 0 unspecified atom stereocenters. The minimum atomic E-state index is -3.30. The number of nitrogens with zero attached hydrogens (tertiary/aromatic N) is 1. The first-order valence-electron chi connectivity index (χ1n) is 4.59. The summed E-state index contributed by atoms with van der Waals surface area (Å²) in [7, 11) is -3.30. The van der Waals surface area contributed by atoms with Crippen LogP contribution in [0, 0.1) is 6.07 Å². The van der Waals surface area contributed by atoms with Gasteiger partial charge in [-0.2, -0.15) is 4.31 Å². The third-order valence-corrected chi connectivity index (χ3v) is 4.07. The van der Waals surface area contributed by atoms with Crippen LogP contribution in [0.5, 0.6) is 0 Å². The van der Waals surface area contributed by atoms with Gasteiger partial charge < -0.3 is 0 Å². The van der Waals surface area contributed by atoms with Gasteiger partial charge in [0, 0.05) is 13.1 Å². The third-order valence-electron chi connectivity index (χ3n) is 2.02. The highest BCUT2D eigenvalue weighted by atomic mass is 32.2. The molecule has 0 aliphatic rings. The van der Waals surface area contributed by atoms with Crippen LogP contribution in [0.3, 0.4) is 0 Å². The Balaban J connectivity index is 3.08. The van der Waals surface area contributed by atoms with Crippen LogP contribution in [0.25, 0.3) is 0 Å². The average molecular weight is 212 g/mol. The Morgan fingerprint density at radius 2 is 2.00 bits per heavy atom. The van der Waals surface area contributed by atoms with Crippen LogP contribution in [0.1, 0.15) is 13.8 Å². The van der Waals surface area contributed by atoms with Gasteiger partial charge in [-0.25, -0.2) is 8.42 Å². The van der Waals surface area contributed by atoms with Gasteiger partial charge in [-0.15, -0.1) is 0 Å². The Morgan fingerprint density at radius 3 is 2.43 bits per heavy atom. The van der Waals surface area contributed by atoms with E-state index in [1.165, 1.54) is 10.4 Å². The molecule has 1 radical (unpaired) electrons. The van der Waals surface area contributed by atoms with Crippen molar-refractivity contribution in [2.75, 3.05) is 13.1 Å². The summed E-state index contributed by atoms with van der Waals surface area (Å²) in [6.45, 7) is 4.64. The maximum Gasteiger partial charge on any atom is 0.243 e. The lowest BCUT2D eigenvalue weighted by atomic mass is 10.4. The summed E-state index contributed by atoms with van der Waals surface area (Å²) in [5.74, 6) is 0. The Bertz CT molecular complexity index is 368. The topological polar surface area (TPSA) is 37.4 Å². The van der Waals surface area contributed by atoms with Gasteiger partial charge in [-0.3, -0.25) is 0 Å². The second-order valence-corrected chi connectivity index (χ2v) is 4.77. The van der Waals surface area contributed by atoms with Gasteiger partial charge in [0.15, 0.2) is 0 Å². The van der Waals surface area contributed by atoms with E-state index in [0.29, 0.717) is 18.0 Å². The van der Waals surface area contributed by atoms with Gasteiger partial charge in [0.1, 0.15) is 0 Å². The Morgan fingerprint density at radius 1 is 1.36 bits per heavy atom. The molecular formula is C10H14NO2S. The van der Waals surface area contributed by atoms with Crippen molar-refractivity contribution in [2.45, 2.75) is 18.7 Å². The Kier molecular flexibility index (Phi) is 3.66. The van der Waals surface area contributed by atoms with E-state index in [2.05, 4.69) is 6.07 Å². The minimum Gasteiger partial charge on any atom is -0.207 e. The zero-order valence-corrected chi connectivity index (χ0v) is 9.21. The molecule has 1 rings (SSSR count). The van der Waals surface area contributed by atoms with Crippen molar-refractivity contribution in [2.24, 2.45) is 0 Å². The van der Waals surface area contributed by atoms with Crippen LogP contribution in [-0.4, -0.2) is 25.8 Å². The third kappa shape index (κ3) is 2.13. The predicted molar refractivity (Wildman–Crippen MR) is 55.4 cm³/mol. The fourth-order valence-electron chi connectivity index (χ4n) is 1.25. The molecular weight excluding hydrogens is 198 g/mol. The summed E-state index contributed by atoms with van der Waals surface area (Å²) in [6.07, 6.45) is 0. The first-order chi connectivity index (χ1) is 6.62. The van der Waals surface area contributed by atoms with Gasteiger partial charge in [-0.1, -0.05) is 26.0 Å². The number of hydrogen-bond acceptors (Lipinski definition) is 2. The standard InChI is InChI=1S/C10H14NO2S/c1-3-11(4-2)14(12,13)10-8-6-5-7-9-10/h5-6,8-9H,3-4H2,1-2H3. The van der Waals surface area contributed by atoms with Crippen LogP contribution in [-0.2, 0) is 10.0 Å². The molecule has 0 amide bonds. The number of rotatable bonds is 4. The fourth-order valence-corrected chi connectivity index (χ4v) is 2.70. The Hall–Kier alpha value is -0.870. The lowest BCUT2D eigenvalue weighted by molar-refractivity contribution is 0.445. The molecule has 0 aliphatic carbocycles. The summed E-state index contributed by atoms with van der Waals surface area (Å²) in [5.41, 5.74) is 0. The molecule has 0 fully saturated rings. The molecule has 0 saturated carbocycles. The molecule has 1 aromatic carbocycles. The predicted octanol–water partition coefficient (Wildman–Crippen LogP) is 1.52. The molecule has 0 atom stereocenters. The van der Waals surface area contributed by atoms with Crippen molar-refractivity contribution in [1.82, 2.24) is 4.31 Å². The van der Waals surface area contributed by atoms with Gasteiger partial charge in [0.2, 0.25) is 10.0 Å². The average Bonchev–Trinajstić information content (AvgIpc) is 2.20. The molecule has 0 heterocycles. The zero-order valence-electron chi connectivity index (χ0n) is 8.40. The van der Waals surface area contributed by atoms with Gasteiger partial charge in [-0.05, 0) is 18.2 Å². The van der Waals surface area contributed by atoms with Crippen molar-refractivity contribution >= 4 is 10.0 Å². The van der Waals surface area contributed by atoms with Crippen molar-refractivity contribution < 1.29 is 8.42 Å². The van der Waals surface area contributed by atoms with E-state index >= 15 is 0 Å². The first-order valence-corrected chi connectivity index (χ1v) is 6.03. The van der Waals surface area contributed by atoms with E-state index in [4.69, 9.17) is 0 Å². The van der Waals surface area contributed by atoms with Gasteiger partial charge in [0.25, 0.3) is 0 Å². The first kappa shape index (κ1) is 11.2. The van der Waals surface area contributed by atoms with Crippen LogP contribution >= 0.6 is 0 Å². The van der Waals surface area contributed by atoms with Crippen LogP contribution in [0.4, 0.5) is 0 Å². The molecule has 14 heavy (non-hydrogen) atoms. The highest BCUT2D eigenvalue weighted by Gasteiger charge is 2.20. The smallest absolute Gasteiger partial charge is 0.207 e. The van der Waals surface area contributed by atoms with Crippen molar-refractivity contribution in [1.29, 1.82) is 0 Å². The summed E-state index contributed by atoms with van der Waals surface area (Å²) >= 11 is 0. The lowest BCUT2D eigenvalue weighted by Gasteiger charge is -2.17. The van der Waals surface area contributed by atoms with E-state index in [-0.39, 0.29) is 0 Å². The minimum absolute atomic E-state index is 0.309. The van der Waals surface area contributed by atoms with E-state index in [1.807, 2.05) is 13.8 Å². The van der Waals surface area contributed by atoms with Crippen molar-refractivity contribution in [3.63, 3.8) is 0 Å². The maximum absolute atomic E-state index is 11.9. The summed E-state index contributed by atoms with van der Waals surface area (Å²) < 4.78 is 25.2. The lowest BCUT2D eigenvalue weighted by Crippen LogP contribution is -2.30. The summed E-state index contributed by atoms with van der Waals surface area (Å²) in [5, 5.41) is 0. The number of hydrogen-bond donors (Lipinski definition) is 0. The number of sulfonamides is 1. The Labute approximate surface area is 85.4 Å². The second-order valence-electron chi connectivity index (χ2n) is 2.83. The van der Waals surface area contributed by atoms with E-state index in [1.54, 1.807) is 18.2 Å². The fraction of sp³-hybridized carbons (Fsp3) is 0.400. The SMILES string of the molecule is CCN(CC)S(=O)(=O)c1c[c]ccc1. The molecule has 1 aromatic rings. The van der Waals surface area contributed by atoms with E-state index in [0.717, 1.165) is 0 Å². The molecule has 0 saturated heterocycles. The van der Waals surface area contributed by atoms with E-state index in [9.17, 15) is 8.42 Å². The largest absolute Gasteiger partial charge is 0.243 e. The van der Waals surface area contributed by atoms with Crippen molar-refractivity contribution in [3.05, 3.63) is 30.3 Å². The van der Waals surface area contributed by atoms with Crippen molar-refractivity contribution in [3.8, 4) is 0 Å². The molecule has 0 spiro atoms. The molecule has 0 aliphatic heterocycles. The van der Waals surface area contributed by atoms with Crippen LogP contribution < -0.4 is 0 Å². The normalized spacial score (nSPS) is 11.9.